The van der Waals surface area contributed by atoms with E-state index in [0.717, 1.165) is 65.6 Å². The van der Waals surface area contributed by atoms with Gasteiger partial charge in [0.2, 0.25) is 5.95 Å². The van der Waals surface area contributed by atoms with Crippen LogP contribution in [-0.4, -0.2) is 24.5 Å². The van der Waals surface area contributed by atoms with Crippen molar-refractivity contribution in [1.29, 1.82) is 0 Å². The Morgan fingerprint density at radius 2 is 1.06 bits per heavy atom. The monoisotopic (exact) mass is 665 g/mol. The summed E-state index contributed by atoms with van der Waals surface area (Å²) in [6, 6.07) is 53.0. The Labute approximate surface area is 297 Å². The number of nitrogens with zero attached hydrogens (tertiary/aromatic N) is 5. The second-order valence-electron chi connectivity index (χ2n) is 13.1. The molecule has 7 aromatic carbocycles. The molecule has 0 bridgehead atoms. The van der Waals surface area contributed by atoms with Gasteiger partial charge in [-0.1, -0.05) is 109 Å². The molecule has 0 N–H and O–H groups in total. The highest BCUT2D eigenvalue weighted by Crippen LogP contribution is 2.37. The van der Waals surface area contributed by atoms with Gasteiger partial charge in [-0.25, -0.2) is 4.98 Å². The third-order valence-electron chi connectivity index (χ3n) is 10.1. The molecule has 0 spiro atoms. The molecule has 11 rings (SSSR count). The lowest BCUT2D eigenvalue weighted by Crippen LogP contribution is -2.06. The van der Waals surface area contributed by atoms with Crippen LogP contribution in [0.3, 0.4) is 0 Å². The summed E-state index contributed by atoms with van der Waals surface area (Å²) in [4.78, 5) is 19.9. The molecule has 242 valence electrons. The molecule has 6 nitrogen and oxygen atoms in total. The fourth-order valence-corrected chi connectivity index (χ4v) is 7.65. The largest absolute Gasteiger partial charge is 0.454 e. The highest BCUT2D eigenvalue weighted by Gasteiger charge is 2.20. The number of furan rings is 1. The normalized spacial score (nSPS) is 11.8. The number of rotatable bonds is 4. The second kappa shape index (κ2) is 11.2. The summed E-state index contributed by atoms with van der Waals surface area (Å²) in [6.07, 6.45) is 3.54. The highest BCUT2D eigenvalue weighted by molar-refractivity contribution is 6.12. The molecule has 0 aliphatic carbocycles. The molecular weight excluding hydrogens is 639 g/mol. The maximum absolute atomic E-state index is 6.22. The van der Waals surface area contributed by atoms with Crippen LogP contribution in [0, 0.1) is 0 Å². The first kappa shape index (κ1) is 28.6. The molecule has 4 heterocycles. The maximum Gasteiger partial charge on any atom is 0.238 e. The van der Waals surface area contributed by atoms with Crippen LogP contribution in [0.5, 0.6) is 0 Å². The van der Waals surface area contributed by atoms with E-state index >= 15 is 0 Å². The van der Waals surface area contributed by atoms with Crippen LogP contribution in [0.4, 0.5) is 0 Å². The number of benzene rings is 7. The fraction of sp³-hybridized carbons (Fsp3) is 0. The molecular formula is C46H27N5O. The van der Waals surface area contributed by atoms with Gasteiger partial charge < -0.3 is 4.42 Å². The van der Waals surface area contributed by atoms with Crippen molar-refractivity contribution in [2.75, 3.05) is 0 Å². The van der Waals surface area contributed by atoms with E-state index in [-0.39, 0.29) is 0 Å². The Hall–Kier alpha value is -7.18. The lowest BCUT2D eigenvalue weighted by molar-refractivity contribution is 0.667. The van der Waals surface area contributed by atoms with E-state index in [9.17, 15) is 0 Å². The van der Waals surface area contributed by atoms with E-state index in [4.69, 9.17) is 19.4 Å². The van der Waals surface area contributed by atoms with Crippen LogP contribution in [0.25, 0.3) is 105 Å². The van der Waals surface area contributed by atoms with Gasteiger partial charge in [0.05, 0.1) is 17.2 Å². The van der Waals surface area contributed by atoms with E-state index in [1.165, 1.54) is 21.9 Å². The maximum atomic E-state index is 6.22. The van der Waals surface area contributed by atoms with Gasteiger partial charge in [0, 0.05) is 38.9 Å². The van der Waals surface area contributed by atoms with Gasteiger partial charge in [-0.3, -0.25) is 9.55 Å². The predicted octanol–water partition coefficient (Wildman–Crippen LogP) is 11.6. The molecule has 52 heavy (non-hydrogen) atoms. The summed E-state index contributed by atoms with van der Waals surface area (Å²) >= 11 is 0. The SMILES string of the molecule is c1ccc2cc(-c3ccc4cc(-c5nc(-c6cccc7oc8cnccc8c67)nc(-n6c7ccccc7c7ccccc76)n5)ccc4c3)ccc2c1. The van der Waals surface area contributed by atoms with Crippen molar-refractivity contribution >= 4 is 65.3 Å². The summed E-state index contributed by atoms with van der Waals surface area (Å²) in [5.41, 5.74) is 7.69. The van der Waals surface area contributed by atoms with Crippen molar-refractivity contribution in [3.05, 3.63) is 164 Å². The lowest BCUT2D eigenvalue weighted by atomic mass is 9.98. The van der Waals surface area contributed by atoms with Crippen LogP contribution in [-0.2, 0) is 0 Å². The summed E-state index contributed by atoms with van der Waals surface area (Å²) in [5, 5.41) is 8.93. The average Bonchev–Trinajstić information content (AvgIpc) is 3.76. The van der Waals surface area contributed by atoms with Crippen molar-refractivity contribution in [2.45, 2.75) is 0 Å². The molecule has 11 aromatic rings. The molecule has 0 fully saturated rings. The Kier molecular flexibility index (Phi) is 6.15. The zero-order valence-electron chi connectivity index (χ0n) is 27.7. The molecule has 0 aliphatic heterocycles. The Morgan fingerprint density at radius 1 is 0.442 bits per heavy atom. The number of aromatic nitrogens is 5. The van der Waals surface area contributed by atoms with Crippen LogP contribution in [0.2, 0.25) is 0 Å². The van der Waals surface area contributed by atoms with Crippen LogP contribution in [0.15, 0.2) is 168 Å². The standard InChI is InChI=1S/C46H27N5O/c1-2-9-29-24-30(17-16-28(29)8-1)31-18-19-33-26-34(21-20-32(33)25-31)44-48-45(38-12-7-15-41-43(38)37-22-23-47-27-42(37)52-41)50-46(49-44)51-39-13-5-3-10-35(39)36-11-4-6-14-40(36)51/h1-27H. The van der Waals surface area contributed by atoms with Gasteiger partial charge in [0.25, 0.3) is 0 Å². The van der Waals surface area contributed by atoms with Crippen LogP contribution >= 0.6 is 0 Å². The summed E-state index contributed by atoms with van der Waals surface area (Å²) < 4.78 is 8.37. The minimum absolute atomic E-state index is 0.551. The van der Waals surface area contributed by atoms with Crippen LogP contribution < -0.4 is 0 Å². The van der Waals surface area contributed by atoms with Crippen molar-refractivity contribution in [1.82, 2.24) is 24.5 Å². The van der Waals surface area contributed by atoms with E-state index in [2.05, 4.69) is 143 Å². The smallest absolute Gasteiger partial charge is 0.238 e. The van der Waals surface area contributed by atoms with Crippen LogP contribution in [0.1, 0.15) is 0 Å². The molecule has 0 aliphatic rings. The number of pyridine rings is 1. The number of fused-ring (bicyclic) bond motifs is 8. The number of para-hydroxylation sites is 2. The fourth-order valence-electron chi connectivity index (χ4n) is 7.65. The van der Waals surface area contributed by atoms with E-state index in [0.29, 0.717) is 17.6 Å². The quantitative estimate of drug-likeness (QED) is 0.187. The lowest BCUT2D eigenvalue weighted by Gasteiger charge is -2.12. The zero-order chi connectivity index (χ0) is 34.2. The highest BCUT2D eigenvalue weighted by atomic mass is 16.3. The summed E-state index contributed by atoms with van der Waals surface area (Å²) in [7, 11) is 0. The third-order valence-corrected chi connectivity index (χ3v) is 10.1. The topological polar surface area (TPSA) is 69.6 Å². The molecule has 0 atom stereocenters. The van der Waals surface area contributed by atoms with E-state index in [1.807, 2.05) is 18.2 Å². The van der Waals surface area contributed by atoms with E-state index in [1.54, 1.807) is 12.4 Å². The molecule has 0 saturated carbocycles. The predicted molar refractivity (Wildman–Crippen MR) is 211 cm³/mol. The van der Waals surface area contributed by atoms with Gasteiger partial charge in [-0.15, -0.1) is 0 Å². The van der Waals surface area contributed by atoms with Crippen molar-refractivity contribution < 1.29 is 4.42 Å². The molecule has 0 radical (unpaired) electrons. The minimum Gasteiger partial charge on any atom is -0.454 e. The van der Waals surface area contributed by atoms with Gasteiger partial charge in [0.15, 0.2) is 17.2 Å². The summed E-state index contributed by atoms with van der Waals surface area (Å²) in [5.74, 6) is 1.71. The van der Waals surface area contributed by atoms with Crippen molar-refractivity contribution in [3.63, 3.8) is 0 Å². The number of hydrogen-bond acceptors (Lipinski definition) is 5. The first-order valence-electron chi connectivity index (χ1n) is 17.3. The average molecular weight is 666 g/mol. The Balaban J connectivity index is 1.12. The minimum atomic E-state index is 0.551. The zero-order valence-corrected chi connectivity index (χ0v) is 27.7. The summed E-state index contributed by atoms with van der Waals surface area (Å²) in [6.45, 7) is 0. The molecule has 0 amide bonds. The molecule has 4 aromatic heterocycles. The molecule has 0 saturated heterocycles. The van der Waals surface area contributed by atoms with Gasteiger partial charge in [-0.05, 0) is 75.1 Å². The van der Waals surface area contributed by atoms with Crippen molar-refractivity contribution in [2.24, 2.45) is 0 Å². The second-order valence-corrected chi connectivity index (χ2v) is 13.1. The first-order chi connectivity index (χ1) is 25.7. The van der Waals surface area contributed by atoms with Gasteiger partial charge in [0.1, 0.15) is 5.58 Å². The first-order valence-corrected chi connectivity index (χ1v) is 17.3. The Bertz CT molecular complexity index is 3160. The molecule has 0 unspecified atom stereocenters. The number of hydrogen-bond donors (Lipinski definition) is 0. The van der Waals surface area contributed by atoms with Gasteiger partial charge >= 0.3 is 0 Å². The molecule has 6 heteroatoms. The third kappa shape index (κ3) is 4.44. The Morgan fingerprint density at radius 3 is 1.83 bits per heavy atom. The van der Waals surface area contributed by atoms with Crippen molar-refractivity contribution in [3.8, 4) is 39.9 Å². The van der Waals surface area contributed by atoms with Gasteiger partial charge in [-0.2, -0.15) is 9.97 Å². The van der Waals surface area contributed by atoms with E-state index < -0.39 is 0 Å².